The van der Waals surface area contributed by atoms with Crippen molar-refractivity contribution in [1.29, 1.82) is 0 Å². The van der Waals surface area contributed by atoms with Crippen LogP contribution >= 0.6 is 0 Å². The zero-order valence-corrected chi connectivity index (χ0v) is 11.4. The Morgan fingerprint density at radius 2 is 1.50 bits per heavy atom. The maximum atomic E-state index is 11.1. The van der Waals surface area contributed by atoms with Crippen molar-refractivity contribution in [2.75, 3.05) is 6.54 Å². The van der Waals surface area contributed by atoms with E-state index in [0.29, 0.717) is 13.0 Å². The first-order valence-corrected chi connectivity index (χ1v) is 6.60. The molecule has 0 fully saturated rings. The second kappa shape index (κ2) is 6.66. The van der Waals surface area contributed by atoms with Crippen molar-refractivity contribution in [1.82, 2.24) is 5.32 Å². The third kappa shape index (κ3) is 3.79. The summed E-state index contributed by atoms with van der Waals surface area (Å²) in [5, 5.41) is 2.59. The van der Waals surface area contributed by atoms with Crippen LogP contribution in [-0.4, -0.2) is 18.2 Å². The van der Waals surface area contributed by atoms with E-state index in [1.54, 1.807) is 0 Å². The Labute approximate surface area is 118 Å². The topological polar surface area (TPSA) is 46.2 Å². The van der Waals surface area contributed by atoms with Gasteiger partial charge in [0.2, 0.25) is 5.78 Å². The molecule has 0 aromatic heterocycles. The van der Waals surface area contributed by atoms with Gasteiger partial charge in [0.15, 0.2) is 0 Å². The Hall–Kier alpha value is -2.42. The summed E-state index contributed by atoms with van der Waals surface area (Å²) in [5.74, 6) is -0.977. The van der Waals surface area contributed by atoms with Crippen LogP contribution < -0.4 is 5.32 Å². The Kier molecular flexibility index (Phi) is 4.66. The van der Waals surface area contributed by atoms with Gasteiger partial charge >= 0.3 is 0 Å². The molecule has 2 aromatic rings. The van der Waals surface area contributed by atoms with E-state index in [1.165, 1.54) is 18.1 Å². The van der Waals surface area contributed by atoms with Gasteiger partial charge in [-0.15, -0.1) is 0 Å². The number of carbonyl (C=O) groups excluding carboxylic acids is 2. The number of rotatable bonds is 5. The fourth-order valence-corrected chi connectivity index (χ4v) is 1.94. The van der Waals surface area contributed by atoms with Gasteiger partial charge in [0.1, 0.15) is 0 Å². The van der Waals surface area contributed by atoms with Crippen molar-refractivity contribution in [3.8, 4) is 11.1 Å². The summed E-state index contributed by atoms with van der Waals surface area (Å²) in [6.07, 6.45) is 0.716. The molecule has 0 saturated carbocycles. The molecule has 0 saturated heterocycles. The van der Waals surface area contributed by atoms with Crippen LogP contribution in [-0.2, 0) is 16.0 Å². The lowest BCUT2D eigenvalue weighted by atomic mass is 10.0. The Bertz CT molecular complexity index is 588. The molecule has 1 N–H and O–H groups in total. The third-order valence-electron chi connectivity index (χ3n) is 3.08. The first kappa shape index (κ1) is 14.0. The minimum absolute atomic E-state index is 0.454. The molecule has 0 bridgehead atoms. The molecule has 102 valence electrons. The fraction of sp³-hybridized carbons (Fsp3) is 0.176. The molecular weight excluding hydrogens is 250 g/mol. The maximum absolute atomic E-state index is 11.1. The Morgan fingerprint density at radius 3 is 2.10 bits per heavy atom. The fourth-order valence-electron chi connectivity index (χ4n) is 1.94. The largest absolute Gasteiger partial charge is 0.349 e. The minimum Gasteiger partial charge on any atom is -0.349 e. The highest BCUT2D eigenvalue weighted by atomic mass is 16.2. The highest BCUT2D eigenvalue weighted by Crippen LogP contribution is 2.19. The second-order valence-electron chi connectivity index (χ2n) is 4.63. The van der Waals surface area contributed by atoms with E-state index in [0.717, 1.165) is 5.56 Å². The maximum Gasteiger partial charge on any atom is 0.287 e. The summed E-state index contributed by atoms with van der Waals surface area (Å²) in [6.45, 7) is 1.74. The van der Waals surface area contributed by atoms with Gasteiger partial charge in [0.05, 0.1) is 0 Å². The molecule has 3 heteroatoms. The van der Waals surface area contributed by atoms with Crippen LogP contribution in [0.3, 0.4) is 0 Å². The zero-order chi connectivity index (χ0) is 14.4. The molecule has 20 heavy (non-hydrogen) atoms. The van der Waals surface area contributed by atoms with Crippen LogP contribution in [0.15, 0.2) is 54.6 Å². The monoisotopic (exact) mass is 267 g/mol. The predicted molar refractivity (Wildman–Crippen MR) is 79.3 cm³/mol. The van der Waals surface area contributed by atoms with E-state index in [1.807, 2.05) is 30.3 Å². The molecular formula is C17H17NO2. The Balaban J connectivity index is 1.92. The first-order chi connectivity index (χ1) is 9.66. The molecule has 0 heterocycles. The molecule has 0 spiro atoms. The van der Waals surface area contributed by atoms with Crippen LogP contribution in [0.2, 0.25) is 0 Å². The lowest BCUT2D eigenvalue weighted by Crippen LogP contribution is -2.30. The standard InChI is InChI=1S/C17H17NO2/c1-13(19)17(20)18-12-11-14-7-9-16(10-8-14)15-5-3-2-4-6-15/h2-10H,11-12H2,1H3,(H,18,20). The number of Topliss-reactive ketones (excluding diaryl/α,β-unsaturated/α-hetero) is 1. The number of nitrogens with one attached hydrogen (secondary N) is 1. The zero-order valence-electron chi connectivity index (χ0n) is 11.4. The molecule has 0 atom stereocenters. The van der Waals surface area contributed by atoms with Crippen LogP contribution in [0.4, 0.5) is 0 Å². The molecule has 2 aromatic carbocycles. The van der Waals surface area contributed by atoms with Gasteiger partial charge in [0.25, 0.3) is 5.91 Å². The third-order valence-corrected chi connectivity index (χ3v) is 3.08. The molecule has 0 aliphatic heterocycles. The van der Waals surface area contributed by atoms with Gasteiger partial charge in [-0.2, -0.15) is 0 Å². The van der Waals surface area contributed by atoms with E-state index in [2.05, 4.69) is 29.6 Å². The van der Waals surface area contributed by atoms with Crippen molar-refractivity contribution in [2.45, 2.75) is 13.3 Å². The average molecular weight is 267 g/mol. The number of carbonyl (C=O) groups is 2. The smallest absolute Gasteiger partial charge is 0.287 e. The number of benzene rings is 2. The van der Waals surface area contributed by atoms with Crippen molar-refractivity contribution in [3.63, 3.8) is 0 Å². The predicted octanol–water partition coefficient (Wildman–Crippen LogP) is 2.60. The van der Waals surface area contributed by atoms with Gasteiger partial charge in [-0.1, -0.05) is 54.6 Å². The van der Waals surface area contributed by atoms with Gasteiger partial charge in [-0.3, -0.25) is 9.59 Å². The summed E-state index contributed by atoms with van der Waals surface area (Å²) in [7, 11) is 0. The summed E-state index contributed by atoms with van der Waals surface area (Å²) >= 11 is 0. The van der Waals surface area contributed by atoms with Gasteiger partial charge in [-0.05, 0) is 23.1 Å². The quantitative estimate of drug-likeness (QED) is 0.846. The van der Waals surface area contributed by atoms with Gasteiger partial charge in [-0.25, -0.2) is 0 Å². The summed E-state index contributed by atoms with van der Waals surface area (Å²) < 4.78 is 0. The molecule has 0 aliphatic rings. The molecule has 0 aliphatic carbocycles. The van der Waals surface area contributed by atoms with Crippen molar-refractivity contribution in [2.24, 2.45) is 0 Å². The highest BCUT2D eigenvalue weighted by Gasteiger charge is 2.05. The lowest BCUT2D eigenvalue weighted by molar-refractivity contribution is -0.136. The Morgan fingerprint density at radius 1 is 0.900 bits per heavy atom. The second-order valence-corrected chi connectivity index (χ2v) is 4.63. The minimum atomic E-state index is -0.522. The van der Waals surface area contributed by atoms with Crippen LogP contribution in [0.5, 0.6) is 0 Å². The summed E-state index contributed by atoms with van der Waals surface area (Å²) in [6, 6.07) is 18.4. The molecule has 0 unspecified atom stereocenters. The molecule has 3 nitrogen and oxygen atoms in total. The van der Waals surface area contributed by atoms with Gasteiger partial charge in [0, 0.05) is 13.5 Å². The molecule has 2 rings (SSSR count). The van der Waals surface area contributed by atoms with E-state index < -0.39 is 11.7 Å². The van der Waals surface area contributed by atoms with Crippen LogP contribution in [0.25, 0.3) is 11.1 Å². The summed E-state index contributed by atoms with van der Waals surface area (Å²) in [5.41, 5.74) is 3.49. The average Bonchev–Trinajstić information content (AvgIpc) is 2.48. The number of ketones is 1. The van der Waals surface area contributed by atoms with Gasteiger partial charge < -0.3 is 5.32 Å². The van der Waals surface area contributed by atoms with E-state index in [4.69, 9.17) is 0 Å². The van der Waals surface area contributed by atoms with E-state index in [9.17, 15) is 9.59 Å². The molecule has 0 radical (unpaired) electrons. The van der Waals surface area contributed by atoms with Crippen molar-refractivity contribution in [3.05, 3.63) is 60.2 Å². The van der Waals surface area contributed by atoms with Crippen LogP contribution in [0.1, 0.15) is 12.5 Å². The van der Waals surface area contributed by atoms with E-state index >= 15 is 0 Å². The molecule has 1 amide bonds. The van der Waals surface area contributed by atoms with Crippen LogP contribution in [0, 0.1) is 0 Å². The number of hydrogen-bond donors (Lipinski definition) is 1. The van der Waals surface area contributed by atoms with Crippen molar-refractivity contribution >= 4 is 11.7 Å². The highest BCUT2D eigenvalue weighted by molar-refractivity contribution is 6.35. The number of amides is 1. The number of hydrogen-bond acceptors (Lipinski definition) is 2. The normalized spacial score (nSPS) is 10.1. The van der Waals surface area contributed by atoms with E-state index in [-0.39, 0.29) is 0 Å². The SMILES string of the molecule is CC(=O)C(=O)NCCc1ccc(-c2ccccc2)cc1. The first-order valence-electron chi connectivity index (χ1n) is 6.60. The summed E-state index contributed by atoms with van der Waals surface area (Å²) in [4.78, 5) is 21.9. The van der Waals surface area contributed by atoms with Crippen molar-refractivity contribution < 1.29 is 9.59 Å². The lowest BCUT2D eigenvalue weighted by Gasteiger charge is -2.05.